The van der Waals surface area contributed by atoms with Crippen LogP contribution in [-0.2, 0) is 5.67 Å². The van der Waals surface area contributed by atoms with Crippen molar-refractivity contribution in [3.8, 4) is 22.9 Å². The van der Waals surface area contributed by atoms with E-state index in [1.165, 1.54) is 44.4 Å². The van der Waals surface area contributed by atoms with E-state index in [1.54, 1.807) is 0 Å². The van der Waals surface area contributed by atoms with E-state index < -0.39 is 11.2 Å². The van der Waals surface area contributed by atoms with E-state index in [4.69, 9.17) is 27.9 Å². The summed E-state index contributed by atoms with van der Waals surface area (Å²) in [7, 11) is 0. The Balaban J connectivity index is 2.18. The molecule has 0 aliphatic heterocycles. The van der Waals surface area contributed by atoms with Crippen LogP contribution in [0.5, 0.6) is 11.5 Å². The van der Waals surface area contributed by atoms with Gasteiger partial charge in [-0.3, -0.25) is 9.89 Å². The lowest BCUT2D eigenvalue weighted by Crippen LogP contribution is -2.25. The average molecular weight is 409 g/mol. The van der Waals surface area contributed by atoms with Gasteiger partial charge in [-0.1, -0.05) is 29.8 Å². The van der Waals surface area contributed by atoms with Crippen LogP contribution in [0.4, 0.5) is 4.39 Å². The predicted octanol–water partition coefficient (Wildman–Crippen LogP) is 5.02. The Kier molecular flexibility index (Phi) is 5.08. The summed E-state index contributed by atoms with van der Waals surface area (Å²) in [5.41, 5.74) is -2.32. The third kappa shape index (κ3) is 3.74. The number of H-pyrrole nitrogens is 2. The first-order valence-corrected chi connectivity index (χ1v) is 8.57. The number of hydrogen-bond donors (Lipinski definition) is 2. The molecule has 0 bridgehead atoms. The van der Waals surface area contributed by atoms with Crippen molar-refractivity contribution in [3.63, 3.8) is 0 Å². The minimum atomic E-state index is -2.11. The second-order valence-corrected chi connectivity index (χ2v) is 6.85. The second kappa shape index (κ2) is 7.17. The third-order valence-electron chi connectivity index (χ3n) is 4.01. The molecular weight excluding hydrogens is 394 g/mol. The molecule has 3 aromatic rings. The summed E-state index contributed by atoms with van der Waals surface area (Å²) >= 11 is 11.9. The van der Waals surface area contributed by atoms with Gasteiger partial charge in [0.25, 0.3) is 5.56 Å². The van der Waals surface area contributed by atoms with Crippen LogP contribution < -0.4 is 10.3 Å². The molecular formula is C18H15Cl2FN4O2. The number of nitrogens with zero attached hydrogens (tertiary/aromatic N) is 2. The summed E-state index contributed by atoms with van der Waals surface area (Å²) in [6, 6.07) is 4.44. The molecule has 27 heavy (non-hydrogen) atoms. The highest BCUT2D eigenvalue weighted by molar-refractivity contribution is 6.42. The van der Waals surface area contributed by atoms with E-state index in [9.17, 15) is 4.79 Å². The van der Waals surface area contributed by atoms with Crippen molar-refractivity contribution in [2.24, 2.45) is 0 Å². The molecule has 1 unspecified atom stereocenters. The zero-order chi connectivity index (χ0) is 19.8. The van der Waals surface area contributed by atoms with Crippen molar-refractivity contribution in [1.29, 1.82) is 0 Å². The quantitative estimate of drug-likeness (QED) is 0.580. The van der Waals surface area contributed by atoms with Gasteiger partial charge in [0.2, 0.25) is 5.75 Å². The average Bonchev–Trinajstić information content (AvgIpc) is 3.14. The highest BCUT2D eigenvalue weighted by atomic mass is 35.5. The number of ether oxygens (including phenoxy) is 1. The number of aromatic nitrogens is 4. The van der Waals surface area contributed by atoms with Crippen molar-refractivity contribution in [2.75, 3.05) is 0 Å². The lowest BCUT2D eigenvalue weighted by atomic mass is 9.95. The van der Waals surface area contributed by atoms with Crippen molar-refractivity contribution in [1.82, 2.24) is 20.2 Å². The van der Waals surface area contributed by atoms with Crippen molar-refractivity contribution < 1.29 is 9.13 Å². The predicted molar refractivity (Wildman–Crippen MR) is 102 cm³/mol. The van der Waals surface area contributed by atoms with Gasteiger partial charge in [0.1, 0.15) is 17.3 Å². The van der Waals surface area contributed by atoms with Crippen LogP contribution in [0.25, 0.3) is 11.4 Å². The van der Waals surface area contributed by atoms with Gasteiger partial charge in [0.15, 0.2) is 5.67 Å². The molecule has 1 atom stereocenters. The van der Waals surface area contributed by atoms with Crippen LogP contribution in [0.2, 0.25) is 10.0 Å². The van der Waals surface area contributed by atoms with Gasteiger partial charge in [-0.05, 0) is 31.6 Å². The Morgan fingerprint density at radius 3 is 2.67 bits per heavy atom. The second-order valence-electron chi connectivity index (χ2n) is 6.04. The summed E-state index contributed by atoms with van der Waals surface area (Å²) < 4.78 is 21.0. The number of aromatic amines is 2. The molecule has 0 saturated heterocycles. The molecule has 2 N–H and O–H groups in total. The van der Waals surface area contributed by atoms with Gasteiger partial charge in [-0.2, -0.15) is 5.10 Å². The maximum absolute atomic E-state index is 15.4. The summed E-state index contributed by atoms with van der Waals surface area (Å²) in [6.07, 6.45) is 2.98. The fourth-order valence-corrected chi connectivity index (χ4v) is 2.54. The maximum atomic E-state index is 15.4. The summed E-state index contributed by atoms with van der Waals surface area (Å²) in [6.45, 7) is 6.42. The topological polar surface area (TPSA) is 83.7 Å². The van der Waals surface area contributed by atoms with Crippen LogP contribution in [0, 0.1) is 0 Å². The zero-order valence-corrected chi connectivity index (χ0v) is 16.0. The molecule has 0 fully saturated rings. The molecule has 2 aromatic heterocycles. The Bertz CT molecular complexity index is 1060. The summed E-state index contributed by atoms with van der Waals surface area (Å²) in [5, 5.41) is 6.98. The third-order valence-corrected chi connectivity index (χ3v) is 4.74. The Labute approximate surface area is 164 Å². The fourth-order valence-electron chi connectivity index (χ4n) is 2.25. The Hall–Kier alpha value is -2.64. The molecule has 6 nitrogen and oxygen atoms in total. The van der Waals surface area contributed by atoms with Crippen molar-refractivity contribution >= 4 is 23.2 Å². The molecule has 3 rings (SSSR count). The summed E-state index contributed by atoms with van der Waals surface area (Å²) in [5.74, 6) is 0.0653. The molecule has 0 aliphatic rings. The van der Waals surface area contributed by atoms with Crippen molar-refractivity contribution in [2.45, 2.75) is 19.5 Å². The van der Waals surface area contributed by atoms with E-state index in [-0.39, 0.29) is 33.6 Å². The minimum absolute atomic E-state index is 0.148. The van der Waals surface area contributed by atoms with Gasteiger partial charge in [-0.25, -0.2) is 9.37 Å². The summed E-state index contributed by atoms with van der Waals surface area (Å²) in [4.78, 5) is 19.5. The highest BCUT2D eigenvalue weighted by Gasteiger charge is 2.35. The van der Waals surface area contributed by atoms with Gasteiger partial charge >= 0.3 is 0 Å². The number of benzene rings is 1. The molecule has 0 amide bonds. The largest absolute Gasteiger partial charge is 0.449 e. The maximum Gasteiger partial charge on any atom is 0.294 e. The monoisotopic (exact) mass is 408 g/mol. The molecule has 0 saturated carbocycles. The first kappa shape index (κ1) is 19.1. The molecule has 1 aromatic carbocycles. The fraction of sp³-hybridized carbons (Fsp3) is 0.167. The zero-order valence-electron chi connectivity index (χ0n) is 14.4. The first-order chi connectivity index (χ1) is 12.7. The normalized spacial score (nSPS) is 13.2. The molecule has 140 valence electrons. The molecule has 0 radical (unpaired) electrons. The number of halogens is 3. The van der Waals surface area contributed by atoms with Crippen LogP contribution in [0.1, 0.15) is 19.5 Å². The molecule has 9 heteroatoms. The number of nitrogens with one attached hydrogen (secondary N) is 2. The van der Waals surface area contributed by atoms with Gasteiger partial charge in [-0.15, -0.1) is 0 Å². The smallest absolute Gasteiger partial charge is 0.294 e. The number of allylic oxidation sites excluding steroid dienone is 1. The van der Waals surface area contributed by atoms with Crippen molar-refractivity contribution in [3.05, 3.63) is 68.8 Å². The lowest BCUT2D eigenvalue weighted by molar-refractivity contribution is 0.230. The van der Waals surface area contributed by atoms with E-state index in [1.807, 2.05) is 0 Å². The first-order valence-electron chi connectivity index (χ1n) is 7.82. The molecule has 0 spiro atoms. The van der Waals surface area contributed by atoms with E-state index >= 15 is 4.39 Å². The van der Waals surface area contributed by atoms with Crippen LogP contribution in [0.15, 0.2) is 47.5 Å². The number of hydrogen-bond acceptors (Lipinski definition) is 4. The lowest BCUT2D eigenvalue weighted by Gasteiger charge is -2.22. The number of rotatable bonds is 5. The van der Waals surface area contributed by atoms with Gasteiger partial charge < -0.3 is 9.72 Å². The van der Waals surface area contributed by atoms with Crippen LogP contribution >= 0.6 is 23.2 Å². The van der Waals surface area contributed by atoms with E-state index in [2.05, 4.69) is 26.7 Å². The number of alkyl halides is 1. The van der Waals surface area contributed by atoms with Crippen LogP contribution in [0.3, 0.4) is 0 Å². The molecule has 0 aliphatic carbocycles. The SMILES string of the molecule is C=C(C)C(C)(F)c1nc(-c2cn[nH]c2)[nH]c(=O)c1Oc1ccc(Cl)c(Cl)c1. The minimum Gasteiger partial charge on any atom is -0.449 e. The molecule has 2 heterocycles. The van der Waals surface area contributed by atoms with E-state index in [0.29, 0.717) is 10.6 Å². The Morgan fingerprint density at radius 2 is 2.07 bits per heavy atom. The Morgan fingerprint density at radius 1 is 1.33 bits per heavy atom. The standard InChI is InChI=1S/C18H15Cl2FN4O2/c1-9(2)18(3,21)15-14(27-11-4-5-12(19)13(20)6-11)17(26)25-16(24-15)10-7-22-23-8-10/h4-8H,1H2,2-3H3,(H,22,23)(H,24,25,26). The van der Waals surface area contributed by atoms with Crippen LogP contribution in [-0.4, -0.2) is 20.2 Å². The highest BCUT2D eigenvalue weighted by Crippen LogP contribution is 2.38. The van der Waals surface area contributed by atoms with E-state index in [0.717, 1.165) is 0 Å². The van der Waals surface area contributed by atoms with Gasteiger partial charge in [0.05, 0.1) is 21.8 Å². The van der Waals surface area contributed by atoms with Gasteiger partial charge in [0, 0.05) is 12.3 Å².